The molecule has 34 heavy (non-hydrogen) atoms. The monoisotopic (exact) mass is 450 g/mol. The summed E-state index contributed by atoms with van der Waals surface area (Å²) in [6.07, 6.45) is 2.78. The number of benzene rings is 3. The number of rotatable bonds is 4. The summed E-state index contributed by atoms with van der Waals surface area (Å²) in [6, 6.07) is 23.5. The molecular formula is C29H30N4O. The number of anilines is 1. The Kier molecular flexibility index (Phi) is 4.76. The average molecular weight is 451 g/mol. The number of aromatic nitrogens is 2. The molecule has 0 N–H and O–H groups in total. The number of imidazole rings is 1. The fraction of sp³-hybridized carbons (Fsp3) is 0.310. The van der Waals surface area contributed by atoms with Gasteiger partial charge in [0.25, 0.3) is 0 Å². The standard InChI is InChI=1S/C29H30N4O/c1-20-15-24-26(16-21(20)2)31(19-30-24)18-27(34)32-14-13-29(3)23-11-7-8-12-25(23)33(28(29)32)17-22-9-5-4-6-10-22/h4-12,15-16,19,28H,13-14,17-18H2,1-3H3. The van der Waals surface area contributed by atoms with Crippen LogP contribution in [0.4, 0.5) is 5.69 Å². The quantitative estimate of drug-likeness (QED) is 0.430. The number of hydrogen-bond acceptors (Lipinski definition) is 3. The van der Waals surface area contributed by atoms with Gasteiger partial charge in [0, 0.05) is 24.2 Å². The van der Waals surface area contributed by atoms with Crippen LogP contribution in [0.15, 0.2) is 73.1 Å². The normalized spacial score (nSPS) is 21.2. The predicted octanol–water partition coefficient (Wildman–Crippen LogP) is 5.19. The molecule has 0 spiro atoms. The molecule has 3 heterocycles. The van der Waals surface area contributed by atoms with Crippen LogP contribution in [0.2, 0.25) is 0 Å². The molecule has 0 radical (unpaired) electrons. The van der Waals surface area contributed by atoms with Gasteiger partial charge in [0.15, 0.2) is 0 Å². The third-order valence-corrected chi connectivity index (χ3v) is 7.92. The maximum absolute atomic E-state index is 13.8. The highest BCUT2D eigenvalue weighted by Crippen LogP contribution is 2.52. The van der Waals surface area contributed by atoms with Crippen molar-refractivity contribution in [3.63, 3.8) is 0 Å². The van der Waals surface area contributed by atoms with E-state index in [2.05, 4.69) is 102 Å². The van der Waals surface area contributed by atoms with E-state index in [9.17, 15) is 4.79 Å². The van der Waals surface area contributed by atoms with Crippen molar-refractivity contribution >= 4 is 22.6 Å². The highest BCUT2D eigenvalue weighted by Gasteiger charge is 2.55. The zero-order chi connectivity index (χ0) is 23.4. The highest BCUT2D eigenvalue weighted by atomic mass is 16.2. The summed E-state index contributed by atoms with van der Waals surface area (Å²) < 4.78 is 2.00. The molecule has 0 bridgehead atoms. The first-order chi connectivity index (χ1) is 16.5. The van der Waals surface area contributed by atoms with Gasteiger partial charge in [-0.2, -0.15) is 0 Å². The van der Waals surface area contributed by atoms with Crippen molar-refractivity contribution in [1.29, 1.82) is 0 Å². The maximum atomic E-state index is 13.8. The summed E-state index contributed by atoms with van der Waals surface area (Å²) in [6.45, 7) is 8.40. The number of likely N-dealkylation sites (tertiary alicyclic amines) is 1. The topological polar surface area (TPSA) is 41.4 Å². The van der Waals surface area contributed by atoms with Gasteiger partial charge in [0.1, 0.15) is 12.7 Å². The highest BCUT2D eigenvalue weighted by molar-refractivity contribution is 5.83. The number of para-hydroxylation sites is 1. The van der Waals surface area contributed by atoms with E-state index in [4.69, 9.17) is 0 Å². The molecule has 1 fully saturated rings. The third kappa shape index (κ3) is 3.14. The molecule has 5 nitrogen and oxygen atoms in total. The molecule has 1 saturated heterocycles. The summed E-state index contributed by atoms with van der Waals surface area (Å²) in [7, 11) is 0. The Hall–Kier alpha value is -3.60. The van der Waals surface area contributed by atoms with E-state index in [0.29, 0.717) is 6.54 Å². The van der Waals surface area contributed by atoms with Crippen molar-refractivity contribution in [1.82, 2.24) is 14.5 Å². The minimum Gasteiger partial charge on any atom is -0.346 e. The van der Waals surface area contributed by atoms with E-state index >= 15 is 0 Å². The molecule has 0 saturated carbocycles. The first kappa shape index (κ1) is 21.0. The molecular weight excluding hydrogens is 420 g/mol. The lowest BCUT2D eigenvalue weighted by Crippen LogP contribution is -2.51. The molecule has 4 aromatic rings. The van der Waals surface area contributed by atoms with Crippen molar-refractivity contribution in [2.75, 3.05) is 11.4 Å². The Morgan fingerprint density at radius 3 is 2.59 bits per heavy atom. The van der Waals surface area contributed by atoms with Crippen molar-refractivity contribution in [3.8, 4) is 0 Å². The average Bonchev–Trinajstić information content (AvgIpc) is 3.46. The van der Waals surface area contributed by atoms with Crippen LogP contribution < -0.4 is 4.90 Å². The molecule has 5 heteroatoms. The first-order valence-corrected chi connectivity index (χ1v) is 12.1. The van der Waals surface area contributed by atoms with Crippen molar-refractivity contribution in [2.24, 2.45) is 0 Å². The fourth-order valence-electron chi connectivity index (χ4n) is 5.96. The van der Waals surface area contributed by atoms with Crippen LogP contribution in [-0.4, -0.2) is 33.1 Å². The molecule has 172 valence electrons. The van der Waals surface area contributed by atoms with E-state index in [1.807, 2.05) is 10.9 Å². The van der Waals surface area contributed by atoms with Crippen LogP contribution in [0.25, 0.3) is 11.0 Å². The van der Waals surface area contributed by atoms with Gasteiger partial charge >= 0.3 is 0 Å². The Labute approximate surface area is 200 Å². The fourth-order valence-corrected chi connectivity index (χ4v) is 5.96. The Morgan fingerprint density at radius 1 is 1.03 bits per heavy atom. The van der Waals surface area contributed by atoms with E-state index in [1.54, 1.807) is 0 Å². The SMILES string of the molecule is Cc1cc2ncn(CC(=O)N3CCC4(C)c5ccccc5N(Cc5ccccc5)C34)c2cc1C. The molecule has 2 aliphatic heterocycles. The van der Waals surface area contributed by atoms with E-state index in [-0.39, 0.29) is 17.5 Å². The first-order valence-electron chi connectivity index (χ1n) is 12.1. The second-order valence-corrected chi connectivity index (χ2v) is 10.1. The maximum Gasteiger partial charge on any atom is 0.244 e. The van der Waals surface area contributed by atoms with Crippen LogP contribution in [0.1, 0.15) is 35.6 Å². The summed E-state index contributed by atoms with van der Waals surface area (Å²) in [5.41, 5.74) is 8.19. The number of fused-ring (bicyclic) bond motifs is 4. The Bertz CT molecular complexity index is 1390. The van der Waals surface area contributed by atoms with Crippen LogP contribution in [0.3, 0.4) is 0 Å². The van der Waals surface area contributed by atoms with Crippen molar-refractivity contribution < 1.29 is 4.79 Å². The van der Waals surface area contributed by atoms with Crippen molar-refractivity contribution in [2.45, 2.75) is 51.9 Å². The largest absolute Gasteiger partial charge is 0.346 e. The van der Waals surface area contributed by atoms with Crippen LogP contribution in [-0.2, 0) is 23.3 Å². The summed E-state index contributed by atoms with van der Waals surface area (Å²) in [5.74, 6) is 0.150. The Morgan fingerprint density at radius 2 is 1.76 bits per heavy atom. The van der Waals surface area contributed by atoms with Gasteiger partial charge < -0.3 is 14.4 Å². The molecule has 3 aromatic carbocycles. The smallest absolute Gasteiger partial charge is 0.244 e. The second kappa shape index (κ2) is 7.73. The minimum atomic E-state index is -0.0776. The lowest BCUT2D eigenvalue weighted by Gasteiger charge is -2.37. The second-order valence-electron chi connectivity index (χ2n) is 10.1. The zero-order valence-corrected chi connectivity index (χ0v) is 20.0. The minimum absolute atomic E-state index is 0.0105. The van der Waals surface area contributed by atoms with Crippen molar-refractivity contribution in [3.05, 3.63) is 95.3 Å². The van der Waals surface area contributed by atoms with E-state index in [0.717, 1.165) is 30.5 Å². The van der Waals surface area contributed by atoms with Gasteiger partial charge in [0.2, 0.25) is 5.91 Å². The third-order valence-electron chi connectivity index (χ3n) is 7.92. The van der Waals surface area contributed by atoms with Crippen LogP contribution in [0, 0.1) is 13.8 Å². The number of hydrogen-bond donors (Lipinski definition) is 0. The molecule has 1 aromatic heterocycles. The number of nitrogens with zero attached hydrogens (tertiary/aromatic N) is 4. The molecule has 2 unspecified atom stereocenters. The molecule has 2 atom stereocenters. The van der Waals surface area contributed by atoms with Crippen LogP contribution >= 0.6 is 0 Å². The molecule has 2 aliphatic rings. The van der Waals surface area contributed by atoms with Gasteiger partial charge in [-0.15, -0.1) is 0 Å². The molecule has 6 rings (SSSR count). The summed E-state index contributed by atoms with van der Waals surface area (Å²) in [4.78, 5) is 22.9. The molecule has 1 amide bonds. The number of carbonyl (C=O) groups excluding carboxylic acids is 1. The van der Waals surface area contributed by atoms with Crippen LogP contribution in [0.5, 0.6) is 0 Å². The predicted molar refractivity (Wildman–Crippen MR) is 136 cm³/mol. The van der Waals surface area contributed by atoms with Gasteiger partial charge in [-0.25, -0.2) is 4.98 Å². The number of aryl methyl sites for hydroxylation is 2. The number of amides is 1. The lowest BCUT2D eigenvalue weighted by molar-refractivity contribution is -0.133. The van der Waals surface area contributed by atoms with Gasteiger partial charge in [-0.1, -0.05) is 55.5 Å². The van der Waals surface area contributed by atoms with Gasteiger partial charge in [0.05, 0.1) is 17.4 Å². The van der Waals surface area contributed by atoms with E-state index in [1.165, 1.54) is 27.9 Å². The lowest BCUT2D eigenvalue weighted by atomic mass is 9.81. The molecule has 0 aliphatic carbocycles. The summed E-state index contributed by atoms with van der Waals surface area (Å²) in [5, 5.41) is 0. The summed E-state index contributed by atoms with van der Waals surface area (Å²) >= 11 is 0. The zero-order valence-electron chi connectivity index (χ0n) is 20.0. The number of carbonyl (C=O) groups is 1. The van der Waals surface area contributed by atoms with Gasteiger partial charge in [-0.3, -0.25) is 4.79 Å². The Balaban J connectivity index is 1.35. The van der Waals surface area contributed by atoms with E-state index < -0.39 is 0 Å². The van der Waals surface area contributed by atoms with Gasteiger partial charge in [-0.05, 0) is 60.7 Å².